The smallest absolute Gasteiger partial charge is 0.191 e. The van der Waals surface area contributed by atoms with E-state index in [0.29, 0.717) is 19.7 Å². The van der Waals surface area contributed by atoms with Crippen LogP contribution in [0.2, 0.25) is 0 Å². The molecule has 0 aliphatic carbocycles. The minimum Gasteiger partial charge on any atom is -0.490 e. The van der Waals surface area contributed by atoms with Gasteiger partial charge < -0.3 is 19.9 Å². The molecule has 2 N–H and O–H groups in total. The first-order chi connectivity index (χ1) is 10.8. The molecule has 2 aromatic heterocycles. The Balaban J connectivity index is 1.76. The van der Waals surface area contributed by atoms with Crippen LogP contribution in [0.5, 0.6) is 5.75 Å². The van der Waals surface area contributed by atoms with Crippen LogP contribution in [-0.4, -0.2) is 35.2 Å². The average Bonchev–Trinajstić information content (AvgIpc) is 2.95. The number of rotatable bonds is 7. The van der Waals surface area contributed by atoms with E-state index in [1.54, 1.807) is 12.4 Å². The van der Waals surface area contributed by atoms with Gasteiger partial charge >= 0.3 is 0 Å². The van der Waals surface area contributed by atoms with Crippen molar-refractivity contribution in [3.63, 3.8) is 0 Å². The van der Waals surface area contributed by atoms with Crippen LogP contribution in [0.4, 0.5) is 0 Å². The maximum Gasteiger partial charge on any atom is 0.191 e. The van der Waals surface area contributed by atoms with Gasteiger partial charge in [-0.3, -0.25) is 4.98 Å². The summed E-state index contributed by atoms with van der Waals surface area (Å²) in [5.74, 6) is 1.57. The molecule has 0 fully saturated rings. The Labute approximate surface area is 131 Å². The predicted molar refractivity (Wildman–Crippen MR) is 88.0 cm³/mol. The predicted octanol–water partition coefficient (Wildman–Crippen LogP) is 1.55. The van der Waals surface area contributed by atoms with Crippen molar-refractivity contribution >= 4 is 5.96 Å². The molecule has 0 aliphatic rings. The van der Waals surface area contributed by atoms with Gasteiger partial charge in [0.15, 0.2) is 5.96 Å². The molecule has 2 rings (SSSR count). The highest BCUT2D eigenvalue weighted by Crippen LogP contribution is 2.05. The number of aryl methyl sites for hydroxylation is 1. The summed E-state index contributed by atoms with van der Waals surface area (Å²) in [7, 11) is 2.01. The summed E-state index contributed by atoms with van der Waals surface area (Å²) in [4.78, 5) is 8.56. The summed E-state index contributed by atoms with van der Waals surface area (Å²) in [6, 6.07) is 5.81. The van der Waals surface area contributed by atoms with Crippen LogP contribution in [0.15, 0.2) is 48.0 Å². The third-order valence-corrected chi connectivity index (χ3v) is 2.95. The lowest BCUT2D eigenvalue weighted by atomic mass is 10.3. The Hall–Kier alpha value is -2.50. The number of hydrogen-bond acceptors (Lipinski definition) is 3. The fourth-order valence-electron chi connectivity index (χ4n) is 1.94. The zero-order chi connectivity index (χ0) is 15.6. The minimum atomic E-state index is 0.557. The largest absolute Gasteiger partial charge is 0.490 e. The highest BCUT2D eigenvalue weighted by Gasteiger charge is 1.99. The lowest BCUT2D eigenvalue weighted by molar-refractivity contribution is 0.320. The van der Waals surface area contributed by atoms with Gasteiger partial charge in [0.1, 0.15) is 12.4 Å². The molecule has 2 aromatic rings. The number of aliphatic imine (C=N–C) groups is 1. The number of aromatic nitrogens is 2. The van der Waals surface area contributed by atoms with Gasteiger partial charge in [-0.2, -0.15) is 0 Å². The van der Waals surface area contributed by atoms with Crippen LogP contribution in [0.3, 0.4) is 0 Å². The van der Waals surface area contributed by atoms with E-state index < -0.39 is 0 Å². The zero-order valence-corrected chi connectivity index (χ0v) is 13.1. The van der Waals surface area contributed by atoms with Crippen molar-refractivity contribution in [1.29, 1.82) is 0 Å². The molecule has 0 unspecified atom stereocenters. The number of ether oxygens (including phenoxy) is 1. The Morgan fingerprint density at radius 1 is 1.36 bits per heavy atom. The molecule has 0 atom stereocenters. The number of guanidine groups is 1. The first-order valence-electron chi connectivity index (χ1n) is 7.44. The molecule has 0 bridgehead atoms. The number of nitrogens with one attached hydrogen (secondary N) is 2. The fraction of sp³-hybridized carbons (Fsp3) is 0.375. The van der Waals surface area contributed by atoms with Crippen molar-refractivity contribution in [3.05, 3.63) is 48.5 Å². The molecule has 2 heterocycles. The molecule has 0 aliphatic heterocycles. The van der Waals surface area contributed by atoms with E-state index in [1.165, 1.54) is 5.56 Å². The van der Waals surface area contributed by atoms with Crippen molar-refractivity contribution in [1.82, 2.24) is 20.2 Å². The van der Waals surface area contributed by atoms with Gasteiger partial charge in [0, 0.05) is 32.2 Å². The summed E-state index contributed by atoms with van der Waals surface area (Å²) in [6.45, 7) is 4.76. The van der Waals surface area contributed by atoms with E-state index in [0.717, 1.165) is 18.3 Å². The fourth-order valence-corrected chi connectivity index (χ4v) is 1.94. The monoisotopic (exact) mass is 301 g/mol. The van der Waals surface area contributed by atoms with Gasteiger partial charge in [0.25, 0.3) is 0 Å². The molecule has 0 spiro atoms. The normalized spacial score (nSPS) is 11.3. The van der Waals surface area contributed by atoms with Crippen LogP contribution in [-0.2, 0) is 13.6 Å². The van der Waals surface area contributed by atoms with Gasteiger partial charge in [-0.15, -0.1) is 0 Å². The maximum absolute atomic E-state index is 5.59. The van der Waals surface area contributed by atoms with Gasteiger partial charge in [-0.05, 0) is 30.7 Å². The topological polar surface area (TPSA) is 63.5 Å². The molecule has 22 heavy (non-hydrogen) atoms. The van der Waals surface area contributed by atoms with Crippen molar-refractivity contribution < 1.29 is 4.74 Å². The lowest BCUT2D eigenvalue weighted by Gasteiger charge is -2.11. The van der Waals surface area contributed by atoms with Crippen molar-refractivity contribution in [2.75, 3.05) is 19.7 Å². The molecule has 0 radical (unpaired) electrons. The first kappa shape index (κ1) is 15.9. The van der Waals surface area contributed by atoms with Crippen LogP contribution in [0.25, 0.3) is 0 Å². The van der Waals surface area contributed by atoms with Gasteiger partial charge in [-0.1, -0.05) is 0 Å². The van der Waals surface area contributed by atoms with E-state index in [9.17, 15) is 0 Å². The molecule has 0 aromatic carbocycles. The van der Waals surface area contributed by atoms with E-state index in [-0.39, 0.29) is 0 Å². The summed E-state index contributed by atoms with van der Waals surface area (Å²) in [5, 5.41) is 6.48. The highest BCUT2D eigenvalue weighted by molar-refractivity contribution is 5.79. The van der Waals surface area contributed by atoms with Crippen molar-refractivity contribution in [2.45, 2.75) is 13.5 Å². The quantitative estimate of drug-likeness (QED) is 0.463. The van der Waals surface area contributed by atoms with E-state index in [1.807, 2.05) is 36.9 Å². The second-order valence-corrected chi connectivity index (χ2v) is 4.84. The summed E-state index contributed by atoms with van der Waals surface area (Å²) < 4.78 is 7.61. The number of nitrogens with zero attached hydrogens (tertiary/aromatic N) is 3. The van der Waals surface area contributed by atoms with Crippen molar-refractivity contribution in [3.8, 4) is 5.75 Å². The van der Waals surface area contributed by atoms with E-state index in [2.05, 4.69) is 32.9 Å². The summed E-state index contributed by atoms with van der Waals surface area (Å²) in [6.07, 6.45) is 7.52. The minimum absolute atomic E-state index is 0.557. The second kappa shape index (κ2) is 8.71. The maximum atomic E-state index is 5.59. The van der Waals surface area contributed by atoms with Gasteiger partial charge in [0.05, 0.1) is 19.3 Å². The van der Waals surface area contributed by atoms with Crippen LogP contribution < -0.4 is 15.4 Å². The average molecular weight is 301 g/mol. The molecule has 6 heteroatoms. The van der Waals surface area contributed by atoms with Gasteiger partial charge in [-0.25, -0.2) is 4.99 Å². The third kappa shape index (κ3) is 5.47. The van der Waals surface area contributed by atoms with Crippen LogP contribution in [0, 0.1) is 0 Å². The van der Waals surface area contributed by atoms with Gasteiger partial charge in [0.2, 0.25) is 0 Å². The van der Waals surface area contributed by atoms with Crippen molar-refractivity contribution in [2.24, 2.45) is 12.0 Å². The standard InChI is InChI=1S/C16H23N5O/c1-3-18-16(20-11-14-6-9-21(2)13-14)19-8-10-22-15-5-4-7-17-12-15/h4-7,9,12-13H,3,8,10-11H2,1-2H3,(H2,18,19,20). The van der Waals surface area contributed by atoms with E-state index >= 15 is 0 Å². The molecular weight excluding hydrogens is 278 g/mol. The Bertz CT molecular complexity index is 579. The molecule has 6 nitrogen and oxygen atoms in total. The first-order valence-corrected chi connectivity index (χ1v) is 7.44. The van der Waals surface area contributed by atoms with Crippen LogP contribution >= 0.6 is 0 Å². The Morgan fingerprint density at radius 3 is 2.95 bits per heavy atom. The molecule has 0 saturated heterocycles. The molecule has 0 amide bonds. The van der Waals surface area contributed by atoms with E-state index in [4.69, 9.17) is 4.74 Å². The second-order valence-electron chi connectivity index (χ2n) is 4.84. The summed E-state index contributed by atoms with van der Waals surface area (Å²) in [5.41, 5.74) is 1.19. The lowest BCUT2D eigenvalue weighted by Crippen LogP contribution is -2.39. The highest BCUT2D eigenvalue weighted by atomic mass is 16.5. The Morgan fingerprint density at radius 2 is 2.27 bits per heavy atom. The molecule has 118 valence electrons. The number of hydrogen-bond donors (Lipinski definition) is 2. The molecular formula is C16H23N5O. The molecule has 0 saturated carbocycles. The SMILES string of the molecule is CCNC(=NCc1ccn(C)c1)NCCOc1cccnc1. The Kier molecular flexibility index (Phi) is 6.29. The third-order valence-electron chi connectivity index (χ3n) is 2.95. The number of pyridine rings is 1. The zero-order valence-electron chi connectivity index (χ0n) is 13.1. The summed E-state index contributed by atoms with van der Waals surface area (Å²) >= 11 is 0. The van der Waals surface area contributed by atoms with Crippen LogP contribution in [0.1, 0.15) is 12.5 Å².